The van der Waals surface area contributed by atoms with Crippen LogP contribution in [0.1, 0.15) is 46.5 Å². The van der Waals surface area contributed by atoms with Crippen LogP contribution in [0.25, 0.3) is 0 Å². The molecule has 17 heavy (non-hydrogen) atoms. The minimum absolute atomic E-state index is 0.901. The minimum atomic E-state index is 0.901. The van der Waals surface area contributed by atoms with Gasteiger partial charge in [-0.1, -0.05) is 44.6 Å². The Hall–Kier alpha value is -0.980. The van der Waals surface area contributed by atoms with Crippen molar-refractivity contribution in [2.45, 2.75) is 46.5 Å². The highest BCUT2D eigenvalue weighted by Gasteiger charge is 2.15. The predicted octanol–water partition coefficient (Wildman–Crippen LogP) is 4.53. The molecule has 1 nitrogen and oxygen atoms in total. The Kier molecular flexibility index (Phi) is 6.76. The summed E-state index contributed by atoms with van der Waals surface area (Å²) in [6, 6.07) is 0. The molecule has 1 fully saturated rings. The van der Waals surface area contributed by atoms with Crippen molar-refractivity contribution < 1.29 is 0 Å². The number of hydrogen-bond donors (Lipinski definition) is 0. The molecule has 1 heteroatoms. The zero-order valence-electron chi connectivity index (χ0n) is 11.7. The number of nitrogens with zero attached hydrogens (tertiary/aromatic N) is 1. The lowest BCUT2D eigenvalue weighted by Crippen LogP contribution is -2.31. The smallest absolute Gasteiger partial charge is 0.0325 e. The highest BCUT2D eigenvalue weighted by Crippen LogP contribution is 2.20. The largest absolute Gasteiger partial charge is 0.372 e. The minimum Gasteiger partial charge on any atom is -0.372 e. The standard InChI is InChI=1S/C16H27N/c1-4-6-8-10-16(9-7-5-2)17-13-11-15(3)12-14-17/h4,6,8-10,15H,5,7,11-14H2,1-3H3/b6-4-,10-8-,16-9+. The zero-order chi connectivity index (χ0) is 12.5. The van der Waals surface area contributed by atoms with Crippen LogP contribution in [0.5, 0.6) is 0 Å². The van der Waals surface area contributed by atoms with Gasteiger partial charge in [0.2, 0.25) is 0 Å². The molecule has 96 valence electrons. The van der Waals surface area contributed by atoms with Gasteiger partial charge in [-0.2, -0.15) is 0 Å². The lowest BCUT2D eigenvalue weighted by molar-refractivity contribution is 0.242. The number of piperidine rings is 1. The molecule has 1 heterocycles. The van der Waals surface area contributed by atoms with E-state index >= 15 is 0 Å². The van der Waals surface area contributed by atoms with Gasteiger partial charge in [-0.25, -0.2) is 0 Å². The van der Waals surface area contributed by atoms with Gasteiger partial charge in [0, 0.05) is 18.8 Å². The van der Waals surface area contributed by atoms with Crippen molar-refractivity contribution in [1.29, 1.82) is 0 Å². The lowest BCUT2D eigenvalue weighted by atomic mass is 9.98. The molecule has 0 amide bonds. The first-order chi connectivity index (χ1) is 8.27. The Labute approximate surface area is 107 Å². The van der Waals surface area contributed by atoms with Crippen LogP contribution in [0.15, 0.2) is 36.1 Å². The van der Waals surface area contributed by atoms with Gasteiger partial charge in [0.25, 0.3) is 0 Å². The van der Waals surface area contributed by atoms with Gasteiger partial charge >= 0.3 is 0 Å². The number of unbranched alkanes of at least 4 members (excludes halogenated alkanes) is 1. The Bertz CT molecular complexity index is 278. The molecule has 0 aromatic heterocycles. The number of rotatable bonds is 5. The van der Waals surface area contributed by atoms with Crippen LogP contribution >= 0.6 is 0 Å². The first-order valence-electron chi connectivity index (χ1n) is 7.02. The number of allylic oxidation sites excluding steroid dienone is 5. The summed E-state index contributed by atoms with van der Waals surface area (Å²) < 4.78 is 0. The fourth-order valence-corrected chi connectivity index (χ4v) is 2.13. The van der Waals surface area contributed by atoms with Crippen molar-refractivity contribution in [2.75, 3.05) is 13.1 Å². The van der Waals surface area contributed by atoms with Crippen molar-refractivity contribution in [1.82, 2.24) is 4.90 Å². The van der Waals surface area contributed by atoms with Gasteiger partial charge in [-0.3, -0.25) is 0 Å². The zero-order valence-corrected chi connectivity index (χ0v) is 11.7. The average molecular weight is 233 g/mol. The Morgan fingerprint density at radius 2 is 1.94 bits per heavy atom. The topological polar surface area (TPSA) is 3.24 Å². The van der Waals surface area contributed by atoms with Crippen molar-refractivity contribution >= 4 is 0 Å². The van der Waals surface area contributed by atoms with Crippen LogP contribution in [-0.2, 0) is 0 Å². The van der Waals surface area contributed by atoms with Crippen molar-refractivity contribution in [2.24, 2.45) is 5.92 Å². The molecule has 0 radical (unpaired) electrons. The molecular weight excluding hydrogens is 206 g/mol. The number of hydrogen-bond acceptors (Lipinski definition) is 1. The van der Waals surface area contributed by atoms with Crippen LogP contribution in [0.4, 0.5) is 0 Å². The highest BCUT2D eigenvalue weighted by atomic mass is 15.1. The fraction of sp³-hybridized carbons (Fsp3) is 0.625. The van der Waals surface area contributed by atoms with Gasteiger partial charge in [0.15, 0.2) is 0 Å². The second kappa shape index (κ2) is 8.16. The molecule has 0 aromatic rings. The molecule has 1 aliphatic rings. The van der Waals surface area contributed by atoms with E-state index in [-0.39, 0.29) is 0 Å². The van der Waals surface area contributed by atoms with E-state index in [0.29, 0.717) is 0 Å². The first-order valence-corrected chi connectivity index (χ1v) is 7.02. The maximum Gasteiger partial charge on any atom is 0.0325 e. The Balaban J connectivity index is 2.62. The molecule has 0 N–H and O–H groups in total. The van der Waals surface area contributed by atoms with Crippen LogP contribution in [-0.4, -0.2) is 18.0 Å². The van der Waals surface area contributed by atoms with E-state index in [0.717, 1.165) is 5.92 Å². The van der Waals surface area contributed by atoms with Crippen molar-refractivity contribution in [3.05, 3.63) is 36.1 Å². The van der Waals surface area contributed by atoms with E-state index < -0.39 is 0 Å². The average Bonchev–Trinajstić information content (AvgIpc) is 2.35. The molecule has 0 spiro atoms. The maximum absolute atomic E-state index is 2.54. The number of likely N-dealkylation sites (tertiary alicyclic amines) is 1. The molecule has 1 rings (SSSR count). The van der Waals surface area contributed by atoms with E-state index in [9.17, 15) is 0 Å². The Morgan fingerprint density at radius 3 is 2.53 bits per heavy atom. The van der Waals surface area contributed by atoms with Crippen LogP contribution in [0, 0.1) is 5.92 Å². The van der Waals surface area contributed by atoms with Crippen molar-refractivity contribution in [3.63, 3.8) is 0 Å². The van der Waals surface area contributed by atoms with Gasteiger partial charge in [0.05, 0.1) is 0 Å². The summed E-state index contributed by atoms with van der Waals surface area (Å²) in [5, 5.41) is 0. The van der Waals surface area contributed by atoms with Crippen LogP contribution in [0.2, 0.25) is 0 Å². The molecule has 0 aromatic carbocycles. The predicted molar refractivity (Wildman–Crippen MR) is 76.9 cm³/mol. The summed E-state index contributed by atoms with van der Waals surface area (Å²) in [6.45, 7) is 9.10. The summed E-state index contributed by atoms with van der Waals surface area (Å²) in [5.41, 5.74) is 1.41. The van der Waals surface area contributed by atoms with Gasteiger partial charge in [0.1, 0.15) is 0 Å². The summed E-state index contributed by atoms with van der Waals surface area (Å²) in [4.78, 5) is 2.54. The summed E-state index contributed by atoms with van der Waals surface area (Å²) in [6.07, 6.45) is 16.0. The quantitative estimate of drug-likeness (QED) is 0.630. The molecule has 1 aliphatic heterocycles. The lowest BCUT2D eigenvalue weighted by Gasteiger charge is -2.33. The second-order valence-corrected chi connectivity index (χ2v) is 4.97. The SMILES string of the molecule is C\C=C/C=C\C(=C/CCC)N1CCC(C)CC1. The van der Waals surface area contributed by atoms with Gasteiger partial charge in [-0.05, 0) is 38.2 Å². The summed E-state index contributed by atoms with van der Waals surface area (Å²) in [7, 11) is 0. The molecule has 0 aliphatic carbocycles. The van der Waals surface area contributed by atoms with E-state index in [2.05, 4.69) is 56.1 Å². The summed E-state index contributed by atoms with van der Waals surface area (Å²) in [5.74, 6) is 0.901. The maximum atomic E-state index is 2.54. The molecular formula is C16H27N. The van der Waals surface area contributed by atoms with Crippen LogP contribution in [0.3, 0.4) is 0 Å². The monoisotopic (exact) mass is 233 g/mol. The van der Waals surface area contributed by atoms with E-state index in [4.69, 9.17) is 0 Å². The van der Waals surface area contributed by atoms with Crippen LogP contribution < -0.4 is 0 Å². The first kappa shape index (κ1) is 14.1. The third kappa shape index (κ3) is 5.25. The van der Waals surface area contributed by atoms with Gasteiger partial charge in [-0.15, -0.1) is 0 Å². The Morgan fingerprint density at radius 1 is 1.24 bits per heavy atom. The third-order valence-electron chi connectivity index (χ3n) is 3.36. The van der Waals surface area contributed by atoms with Gasteiger partial charge < -0.3 is 4.90 Å². The van der Waals surface area contributed by atoms with E-state index in [1.165, 1.54) is 44.5 Å². The molecule has 0 saturated carbocycles. The molecule has 0 atom stereocenters. The molecule has 0 unspecified atom stereocenters. The van der Waals surface area contributed by atoms with Crippen molar-refractivity contribution in [3.8, 4) is 0 Å². The highest BCUT2D eigenvalue weighted by molar-refractivity contribution is 5.21. The summed E-state index contributed by atoms with van der Waals surface area (Å²) >= 11 is 0. The third-order valence-corrected chi connectivity index (χ3v) is 3.36. The van der Waals surface area contributed by atoms with E-state index in [1.807, 2.05) is 0 Å². The van der Waals surface area contributed by atoms with E-state index in [1.54, 1.807) is 0 Å². The fourth-order valence-electron chi connectivity index (χ4n) is 2.13. The normalized spacial score (nSPS) is 19.7. The molecule has 0 bridgehead atoms. The second-order valence-electron chi connectivity index (χ2n) is 4.97. The molecule has 1 saturated heterocycles.